The molecule has 0 unspecified atom stereocenters. The Balaban J connectivity index is 1.73. The second kappa shape index (κ2) is 9.00. The Bertz CT molecular complexity index is 1020. The van der Waals surface area contributed by atoms with Gasteiger partial charge in [0.25, 0.3) is 0 Å². The van der Waals surface area contributed by atoms with Gasteiger partial charge in [-0.15, -0.1) is 11.3 Å². The molecule has 30 heavy (non-hydrogen) atoms. The van der Waals surface area contributed by atoms with Gasteiger partial charge in [0.1, 0.15) is 18.0 Å². The maximum absolute atomic E-state index is 12.0. The van der Waals surface area contributed by atoms with Crippen molar-refractivity contribution in [3.8, 4) is 16.2 Å². The maximum Gasteiger partial charge on any atom is 0.412 e. The second-order valence-electron chi connectivity index (χ2n) is 7.57. The van der Waals surface area contributed by atoms with Crippen LogP contribution in [0.2, 0.25) is 0 Å². The molecule has 6 nitrogen and oxygen atoms in total. The lowest BCUT2D eigenvalue weighted by molar-refractivity contribution is -0.254. The van der Waals surface area contributed by atoms with E-state index in [4.69, 9.17) is 9.47 Å². The molecule has 0 saturated heterocycles. The standard InChI is InChI=1S/C23H23NO5S/c1-23(2,3)29-22(27)24-18-13-19(30-20(18)21(25)26)16-9-11-17(12-10-16)28-14-15-7-5-4-6-8-15/h4-13H,14H2,1-3H3,(H,24,27)(H,25,26)/p-1. The van der Waals surface area contributed by atoms with Gasteiger partial charge in [-0.1, -0.05) is 30.3 Å². The molecule has 7 heteroatoms. The minimum absolute atomic E-state index is 0.0692. The van der Waals surface area contributed by atoms with Crippen LogP contribution in [0.3, 0.4) is 0 Å². The van der Waals surface area contributed by atoms with Crippen molar-refractivity contribution in [2.24, 2.45) is 0 Å². The van der Waals surface area contributed by atoms with Gasteiger partial charge in [0.15, 0.2) is 0 Å². The second-order valence-corrected chi connectivity index (χ2v) is 8.62. The Kier molecular flexibility index (Phi) is 6.42. The fraction of sp³-hybridized carbons (Fsp3) is 0.217. The lowest BCUT2D eigenvalue weighted by Gasteiger charge is -2.19. The summed E-state index contributed by atoms with van der Waals surface area (Å²) in [6, 6.07) is 18.7. The third-order valence-corrected chi connectivity index (χ3v) is 5.10. The van der Waals surface area contributed by atoms with Crippen molar-refractivity contribution in [2.75, 3.05) is 5.32 Å². The molecule has 3 rings (SSSR count). The molecule has 1 heterocycles. The van der Waals surface area contributed by atoms with Crippen molar-refractivity contribution < 1.29 is 24.2 Å². The smallest absolute Gasteiger partial charge is 0.412 e. The highest BCUT2D eigenvalue weighted by Crippen LogP contribution is 2.35. The number of amides is 1. The summed E-state index contributed by atoms with van der Waals surface area (Å²) in [5, 5.41) is 14.0. The number of nitrogens with one attached hydrogen (secondary N) is 1. The first kappa shape index (κ1) is 21.4. The van der Waals surface area contributed by atoms with Gasteiger partial charge < -0.3 is 19.4 Å². The van der Waals surface area contributed by atoms with E-state index in [1.807, 2.05) is 54.6 Å². The topological polar surface area (TPSA) is 87.7 Å². The van der Waals surface area contributed by atoms with Crippen LogP contribution >= 0.6 is 11.3 Å². The summed E-state index contributed by atoms with van der Waals surface area (Å²) >= 11 is 1.02. The molecule has 0 aliphatic carbocycles. The zero-order valence-corrected chi connectivity index (χ0v) is 17.7. The van der Waals surface area contributed by atoms with Crippen LogP contribution in [0, 0.1) is 0 Å². The van der Waals surface area contributed by atoms with E-state index in [-0.39, 0.29) is 10.6 Å². The van der Waals surface area contributed by atoms with Crippen molar-refractivity contribution in [3.05, 3.63) is 71.1 Å². The Labute approximate surface area is 179 Å². The number of carboxylic acids is 1. The molecule has 156 valence electrons. The highest BCUT2D eigenvalue weighted by molar-refractivity contribution is 7.18. The number of carboxylic acid groups (broad SMARTS) is 1. The minimum atomic E-state index is -1.36. The zero-order chi connectivity index (χ0) is 21.7. The number of hydrogen-bond donors (Lipinski definition) is 1. The van der Waals surface area contributed by atoms with Crippen LogP contribution in [0.25, 0.3) is 10.4 Å². The van der Waals surface area contributed by atoms with Crippen molar-refractivity contribution in [1.29, 1.82) is 0 Å². The molecule has 0 bridgehead atoms. The van der Waals surface area contributed by atoms with Gasteiger partial charge in [-0.2, -0.15) is 0 Å². The summed E-state index contributed by atoms with van der Waals surface area (Å²) < 4.78 is 11.0. The van der Waals surface area contributed by atoms with Crippen LogP contribution in [-0.2, 0) is 11.3 Å². The molecule has 0 atom stereocenters. The van der Waals surface area contributed by atoms with Crippen LogP contribution < -0.4 is 15.2 Å². The lowest BCUT2D eigenvalue weighted by atomic mass is 10.1. The number of carbonyl (C=O) groups is 2. The van der Waals surface area contributed by atoms with E-state index in [2.05, 4.69) is 5.32 Å². The van der Waals surface area contributed by atoms with Crippen molar-refractivity contribution in [1.82, 2.24) is 0 Å². The summed E-state index contributed by atoms with van der Waals surface area (Å²) in [6.07, 6.45) is -0.723. The number of thiophene rings is 1. The predicted octanol–water partition coefficient (Wildman–Crippen LogP) is 4.70. The van der Waals surface area contributed by atoms with Gasteiger partial charge >= 0.3 is 6.09 Å². The number of ether oxygens (including phenoxy) is 2. The van der Waals surface area contributed by atoms with Gasteiger partial charge in [-0.3, -0.25) is 5.32 Å². The molecule has 1 amide bonds. The van der Waals surface area contributed by atoms with Gasteiger partial charge in [-0.25, -0.2) is 4.79 Å². The Morgan fingerprint density at radius 1 is 1.03 bits per heavy atom. The summed E-state index contributed by atoms with van der Waals surface area (Å²) in [5.41, 5.74) is 1.32. The summed E-state index contributed by atoms with van der Waals surface area (Å²) in [5.74, 6) is -0.661. The Morgan fingerprint density at radius 2 is 1.70 bits per heavy atom. The fourth-order valence-electron chi connectivity index (χ4n) is 2.65. The van der Waals surface area contributed by atoms with Crippen LogP contribution in [0.5, 0.6) is 5.75 Å². The molecule has 1 aromatic heterocycles. The number of aromatic carboxylic acids is 1. The van der Waals surface area contributed by atoms with Crippen molar-refractivity contribution in [2.45, 2.75) is 33.0 Å². The first-order valence-electron chi connectivity index (χ1n) is 9.33. The number of benzene rings is 2. The molecule has 0 radical (unpaired) electrons. The zero-order valence-electron chi connectivity index (χ0n) is 16.9. The SMILES string of the molecule is CC(C)(C)OC(=O)Nc1cc(-c2ccc(OCc3ccccc3)cc2)sc1C(=O)[O-]. The van der Waals surface area contributed by atoms with E-state index >= 15 is 0 Å². The van der Waals surface area contributed by atoms with Gasteiger partial charge in [-0.05, 0) is 62.2 Å². The molecule has 3 aromatic rings. The third kappa shape index (κ3) is 5.84. The number of rotatable bonds is 6. The lowest BCUT2D eigenvalue weighted by Crippen LogP contribution is -2.28. The van der Waals surface area contributed by atoms with Crippen LogP contribution in [0.1, 0.15) is 36.0 Å². The molecule has 2 aromatic carbocycles. The number of anilines is 1. The highest BCUT2D eigenvalue weighted by atomic mass is 32.1. The highest BCUT2D eigenvalue weighted by Gasteiger charge is 2.19. The van der Waals surface area contributed by atoms with E-state index in [9.17, 15) is 14.7 Å². The largest absolute Gasteiger partial charge is 0.544 e. The molecule has 0 fully saturated rings. The van der Waals surface area contributed by atoms with E-state index < -0.39 is 17.7 Å². The normalized spacial score (nSPS) is 11.0. The average molecular weight is 424 g/mol. The van der Waals surface area contributed by atoms with E-state index in [1.165, 1.54) is 0 Å². The van der Waals surface area contributed by atoms with Crippen LogP contribution in [0.15, 0.2) is 60.7 Å². The number of hydrogen-bond acceptors (Lipinski definition) is 6. The molecule has 1 N–H and O–H groups in total. The Hall–Kier alpha value is -3.32. The first-order valence-corrected chi connectivity index (χ1v) is 10.2. The molecule has 0 aliphatic rings. The summed E-state index contributed by atoms with van der Waals surface area (Å²) in [4.78, 5) is 24.1. The quantitative estimate of drug-likeness (QED) is 0.619. The molecule has 0 aliphatic heterocycles. The molecular weight excluding hydrogens is 402 g/mol. The van der Waals surface area contributed by atoms with Crippen LogP contribution in [-0.4, -0.2) is 17.7 Å². The van der Waals surface area contributed by atoms with Crippen molar-refractivity contribution >= 4 is 29.1 Å². The van der Waals surface area contributed by atoms with Gasteiger partial charge in [0.05, 0.1) is 16.5 Å². The third-order valence-electron chi connectivity index (χ3n) is 3.94. The number of carbonyl (C=O) groups excluding carboxylic acids is 2. The summed E-state index contributed by atoms with van der Waals surface area (Å²) in [7, 11) is 0. The first-order chi connectivity index (χ1) is 14.2. The Morgan fingerprint density at radius 3 is 2.30 bits per heavy atom. The maximum atomic E-state index is 12.0. The molecular formula is C23H22NO5S-. The molecule has 0 spiro atoms. The summed E-state index contributed by atoms with van der Waals surface area (Å²) in [6.45, 7) is 5.64. The van der Waals surface area contributed by atoms with Gasteiger partial charge in [0.2, 0.25) is 0 Å². The van der Waals surface area contributed by atoms with E-state index in [1.54, 1.807) is 26.8 Å². The van der Waals surface area contributed by atoms with Crippen molar-refractivity contribution in [3.63, 3.8) is 0 Å². The van der Waals surface area contributed by atoms with Gasteiger partial charge in [0, 0.05) is 4.88 Å². The monoisotopic (exact) mass is 424 g/mol. The average Bonchev–Trinajstić information content (AvgIpc) is 3.10. The van der Waals surface area contributed by atoms with E-state index in [0.29, 0.717) is 17.2 Å². The predicted molar refractivity (Wildman–Crippen MR) is 115 cm³/mol. The minimum Gasteiger partial charge on any atom is -0.544 e. The van der Waals surface area contributed by atoms with Crippen LogP contribution in [0.4, 0.5) is 10.5 Å². The molecule has 0 saturated carbocycles. The fourth-order valence-corrected chi connectivity index (χ4v) is 3.60. The van der Waals surface area contributed by atoms with E-state index in [0.717, 1.165) is 22.5 Å².